The molecule has 0 aliphatic rings. The molecular weight excluding hydrogens is 332 g/mol. The quantitative estimate of drug-likeness (QED) is 0.343. The molecular formula is C12H16N10O3. The van der Waals surface area contributed by atoms with Gasteiger partial charge in [-0.15, -0.1) is 0 Å². The van der Waals surface area contributed by atoms with E-state index in [9.17, 15) is 14.4 Å². The molecule has 0 fully saturated rings. The van der Waals surface area contributed by atoms with E-state index in [0.717, 1.165) is 5.82 Å². The highest BCUT2D eigenvalue weighted by Crippen LogP contribution is 2.16. The van der Waals surface area contributed by atoms with Crippen molar-refractivity contribution in [2.75, 3.05) is 11.5 Å². The predicted octanol–water partition coefficient (Wildman–Crippen LogP) is -2.10. The number of nitrogen functional groups attached to an aromatic ring is 2. The molecule has 0 spiro atoms. The summed E-state index contributed by atoms with van der Waals surface area (Å²) in [6, 6.07) is -0.0740. The number of anilines is 2. The van der Waals surface area contributed by atoms with Crippen LogP contribution in [0.15, 0.2) is 26.8 Å². The maximum absolute atomic E-state index is 10.2. The normalized spacial score (nSPS) is 11.4. The summed E-state index contributed by atoms with van der Waals surface area (Å²) in [5.41, 5.74) is 8.64. The number of hydrogen-bond acceptors (Lipinski definition) is 9. The third-order valence-corrected chi connectivity index (χ3v) is 3.02. The lowest BCUT2D eigenvalue weighted by molar-refractivity contribution is 0.582. The fourth-order valence-electron chi connectivity index (χ4n) is 1.94. The molecule has 3 heterocycles. The second-order valence-electron chi connectivity index (χ2n) is 4.83. The van der Waals surface area contributed by atoms with Gasteiger partial charge in [0.05, 0.1) is 6.04 Å². The lowest BCUT2D eigenvalue weighted by Gasteiger charge is -2.13. The van der Waals surface area contributed by atoms with E-state index in [1.54, 1.807) is 21.1 Å². The van der Waals surface area contributed by atoms with E-state index in [2.05, 4.69) is 19.9 Å². The Labute approximate surface area is 139 Å². The predicted molar refractivity (Wildman–Crippen MR) is 87.7 cm³/mol. The molecule has 3 aromatic rings. The SMILES string of the molecule is Cc1nccn1C(C)c1nc(N)nc(N)n1.O=c1[nH]c(=O)[nH]c(=O)[nH]1. The average Bonchev–Trinajstić information content (AvgIpc) is 2.90. The smallest absolute Gasteiger partial charge is 0.330 e. The highest BCUT2D eigenvalue weighted by molar-refractivity contribution is 5.27. The van der Waals surface area contributed by atoms with Gasteiger partial charge in [-0.05, 0) is 13.8 Å². The van der Waals surface area contributed by atoms with Crippen LogP contribution in [0.2, 0.25) is 0 Å². The molecule has 25 heavy (non-hydrogen) atoms. The number of nitrogens with zero attached hydrogens (tertiary/aromatic N) is 5. The van der Waals surface area contributed by atoms with Crippen molar-refractivity contribution in [1.29, 1.82) is 0 Å². The van der Waals surface area contributed by atoms with Gasteiger partial charge in [0.2, 0.25) is 11.9 Å². The Morgan fingerprint density at radius 1 is 0.960 bits per heavy atom. The van der Waals surface area contributed by atoms with E-state index in [4.69, 9.17) is 11.5 Å². The summed E-state index contributed by atoms with van der Waals surface area (Å²) in [5.74, 6) is 1.68. The molecule has 0 saturated heterocycles. The van der Waals surface area contributed by atoms with Crippen LogP contribution in [0.3, 0.4) is 0 Å². The van der Waals surface area contributed by atoms with Gasteiger partial charge in [-0.25, -0.2) is 19.4 Å². The summed E-state index contributed by atoms with van der Waals surface area (Å²) in [6.45, 7) is 3.85. The first-order chi connectivity index (χ1) is 11.8. The van der Waals surface area contributed by atoms with Gasteiger partial charge in [0.15, 0.2) is 5.82 Å². The first kappa shape index (κ1) is 17.6. The van der Waals surface area contributed by atoms with Gasteiger partial charge < -0.3 is 16.0 Å². The van der Waals surface area contributed by atoms with Crippen molar-refractivity contribution in [3.63, 3.8) is 0 Å². The third-order valence-electron chi connectivity index (χ3n) is 3.02. The zero-order chi connectivity index (χ0) is 18.6. The van der Waals surface area contributed by atoms with Crippen LogP contribution < -0.4 is 28.5 Å². The van der Waals surface area contributed by atoms with Crippen molar-refractivity contribution in [2.45, 2.75) is 19.9 Å². The van der Waals surface area contributed by atoms with Crippen LogP contribution >= 0.6 is 0 Å². The van der Waals surface area contributed by atoms with Crippen LogP contribution in [0.4, 0.5) is 11.9 Å². The second kappa shape index (κ2) is 7.20. The van der Waals surface area contributed by atoms with Crippen molar-refractivity contribution < 1.29 is 0 Å². The fourth-order valence-corrected chi connectivity index (χ4v) is 1.94. The van der Waals surface area contributed by atoms with Crippen molar-refractivity contribution >= 4 is 11.9 Å². The monoisotopic (exact) mass is 348 g/mol. The lowest BCUT2D eigenvalue weighted by atomic mass is 10.3. The largest absolute Gasteiger partial charge is 0.368 e. The van der Waals surface area contributed by atoms with Crippen LogP contribution in [0.25, 0.3) is 0 Å². The third kappa shape index (κ3) is 4.60. The zero-order valence-electron chi connectivity index (χ0n) is 13.3. The minimum atomic E-state index is -0.802. The number of aromatic amines is 3. The van der Waals surface area contributed by atoms with Gasteiger partial charge in [0.25, 0.3) is 0 Å². The summed E-state index contributed by atoms with van der Waals surface area (Å²) in [5, 5.41) is 0. The number of nitrogens with two attached hydrogens (primary N) is 2. The van der Waals surface area contributed by atoms with Crippen LogP contribution in [0.5, 0.6) is 0 Å². The molecule has 13 heteroatoms. The summed E-state index contributed by atoms with van der Waals surface area (Å²) < 4.78 is 1.94. The summed E-state index contributed by atoms with van der Waals surface area (Å²) in [4.78, 5) is 51.9. The zero-order valence-corrected chi connectivity index (χ0v) is 13.3. The Kier molecular flexibility index (Phi) is 5.06. The molecule has 0 aliphatic carbocycles. The van der Waals surface area contributed by atoms with E-state index in [1.807, 2.05) is 24.6 Å². The molecule has 13 nitrogen and oxygen atoms in total. The minimum absolute atomic E-state index is 0.0740. The highest BCUT2D eigenvalue weighted by atomic mass is 16.2. The van der Waals surface area contributed by atoms with Gasteiger partial charge in [-0.3, -0.25) is 15.0 Å². The minimum Gasteiger partial charge on any atom is -0.368 e. The molecule has 0 amide bonds. The van der Waals surface area contributed by atoms with Crippen molar-refractivity contribution in [2.24, 2.45) is 0 Å². The molecule has 132 valence electrons. The van der Waals surface area contributed by atoms with Gasteiger partial charge in [0.1, 0.15) is 5.82 Å². The molecule has 3 aromatic heterocycles. The number of hydrogen-bond donors (Lipinski definition) is 5. The van der Waals surface area contributed by atoms with Crippen LogP contribution in [0.1, 0.15) is 24.6 Å². The Bertz CT molecular complexity index is 931. The number of aryl methyl sites for hydroxylation is 1. The maximum atomic E-state index is 10.2. The molecule has 3 rings (SSSR count). The maximum Gasteiger partial charge on any atom is 0.330 e. The Morgan fingerprint density at radius 2 is 1.44 bits per heavy atom. The first-order valence-corrected chi connectivity index (χ1v) is 6.95. The molecule has 1 unspecified atom stereocenters. The number of rotatable bonds is 2. The Morgan fingerprint density at radius 3 is 1.84 bits per heavy atom. The molecule has 0 saturated carbocycles. The molecule has 0 aromatic carbocycles. The molecule has 0 radical (unpaired) electrons. The van der Waals surface area contributed by atoms with E-state index in [-0.39, 0.29) is 17.9 Å². The number of aromatic nitrogens is 8. The van der Waals surface area contributed by atoms with Gasteiger partial charge >= 0.3 is 17.1 Å². The summed E-state index contributed by atoms with van der Waals surface area (Å²) >= 11 is 0. The van der Waals surface area contributed by atoms with E-state index in [0.29, 0.717) is 5.82 Å². The first-order valence-electron chi connectivity index (χ1n) is 6.95. The topological polar surface area (TPSA) is 207 Å². The highest BCUT2D eigenvalue weighted by Gasteiger charge is 2.14. The molecule has 1 atom stereocenters. The van der Waals surface area contributed by atoms with Crippen LogP contribution in [0, 0.1) is 6.92 Å². The standard InChI is InChI=1S/C9H13N7.C3H3N3O3/c1-5(16-4-3-12-6(16)2)7-13-8(10)15-9(11)14-7;7-1-4-2(8)6-3(9)5-1/h3-5H,1-2H3,(H4,10,11,13,14,15);(H3,4,5,6,7,8,9). The van der Waals surface area contributed by atoms with Gasteiger partial charge in [-0.2, -0.15) is 15.0 Å². The van der Waals surface area contributed by atoms with Crippen molar-refractivity contribution in [3.05, 3.63) is 55.5 Å². The average molecular weight is 348 g/mol. The number of H-pyrrole nitrogens is 3. The summed E-state index contributed by atoms with van der Waals surface area (Å²) in [7, 11) is 0. The molecule has 0 aliphatic heterocycles. The Hall–Kier alpha value is -3.77. The molecule has 0 bridgehead atoms. The van der Waals surface area contributed by atoms with Gasteiger partial charge in [0, 0.05) is 12.4 Å². The number of imidazole rings is 1. The van der Waals surface area contributed by atoms with Crippen LogP contribution in [-0.4, -0.2) is 39.5 Å². The van der Waals surface area contributed by atoms with E-state index < -0.39 is 17.1 Å². The Balaban J connectivity index is 0.000000212. The number of nitrogens with one attached hydrogen (secondary N) is 3. The van der Waals surface area contributed by atoms with Gasteiger partial charge in [-0.1, -0.05) is 0 Å². The van der Waals surface area contributed by atoms with Crippen LogP contribution in [-0.2, 0) is 0 Å². The lowest BCUT2D eigenvalue weighted by Crippen LogP contribution is -2.34. The second-order valence-corrected chi connectivity index (χ2v) is 4.83. The van der Waals surface area contributed by atoms with E-state index in [1.165, 1.54) is 0 Å². The molecule has 7 N–H and O–H groups in total. The van der Waals surface area contributed by atoms with Crippen molar-refractivity contribution in [1.82, 2.24) is 39.5 Å². The fraction of sp³-hybridized carbons (Fsp3) is 0.250. The summed E-state index contributed by atoms with van der Waals surface area (Å²) in [6.07, 6.45) is 3.58. The van der Waals surface area contributed by atoms with Crippen molar-refractivity contribution in [3.8, 4) is 0 Å². The van der Waals surface area contributed by atoms with E-state index >= 15 is 0 Å².